The third kappa shape index (κ3) is 3.40. The number of phenols is 1. The molecule has 30 heavy (non-hydrogen) atoms. The second kappa shape index (κ2) is 7.47. The minimum absolute atomic E-state index is 0.129. The van der Waals surface area contributed by atoms with Gasteiger partial charge in [0.25, 0.3) is 0 Å². The fourth-order valence-corrected chi connectivity index (χ4v) is 4.35. The van der Waals surface area contributed by atoms with Gasteiger partial charge in [0.15, 0.2) is 5.69 Å². The van der Waals surface area contributed by atoms with Crippen molar-refractivity contribution in [3.05, 3.63) is 86.7 Å². The molecule has 5 aromatic rings. The summed E-state index contributed by atoms with van der Waals surface area (Å²) >= 11 is 4.74. The van der Waals surface area contributed by atoms with E-state index in [1.807, 2.05) is 54.6 Å². The zero-order valence-corrected chi connectivity index (χ0v) is 17.8. The molecule has 146 valence electrons. The van der Waals surface area contributed by atoms with Crippen molar-refractivity contribution in [2.45, 2.75) is 0 Å². The molecule has 6 nitrogen and oxygen atoms in total. The van der Waals surface area contributed by atoms with E-state index in [4.69, 9.17) is 0 Å². The number of rotatable bonds is 3. The van der Waals surface area contributed by atoms with Gasteiger partial charge in [0.05, 0.1) is 0 Å². The third-order valence-corrected chi connectivity index (χ3v) is 6.04. The van der Waals surface area contributed by atoms with E-state index < -0.39 is 0 Å². The number of phenolic OH excluding ortho intramolecular Hbond substituents is 1. The Labute approximate surface area is 182 Å². The van der Waals surface area contributed by atoms with Crippen LogP contribution in [0.15, 0.2) is 69.9 Å². The van der Waals surface area contributed by atoms with Gasteiger partial charge in [-0.3, -0.25) is 4.79 Å². The van der Waals surface area contributed by atoms with Crippen LogP contribution in [0.5, 0.6) is 5.75 Å². The number of fused-ring (bicyclic) bond motifs is 2. The average molecular weight is 477 g/mol. The highest BCUT2D eigenvalue weighted by molar-refractivity contribution is 9.10. The molecule has 5 rings (SSSR count). The standard InChI is InChI=1S/C22H13BrN4O2S/c23-17-7-3-6-16(11-17)20-26-27-21(29)18(24-25-22(27)30-20)9-8-15-10-13-4-1-2-5-14(13)12-19(15)28/h1-12,28H/b9-8+. The Hall–Kier alpha value is -3.36. The number of hydrogen-bond acceptors (Lipinski definition) is 6. The molecule has 0 aliphatic carbocycles. The molecule has 0 saturated carbocycles. The highest BCUT2D eigenvalue weighted by atomic mass is 79.9. The Morgan fingerprint density at radius 2 is 1.77 bits per heavy atom. The maximum absolute atomic E-state index is 12.8. The molecule has 0 saturated heterocycles. The zero-order chi connectivity index (χ0) is 20.7. The molecule has 0 fully saturated rings. The second-order valence-electron chi connectivity index (χ2n) is 6.59. The van der Waals surface area contributed by atoms with E-state index in [9.17, 15) is 9.90 Å². The summed E-state index contributed by atoms with van der Waals surface area (Å²) in [5, 5.41) is 25.5. The van der Waals surface area contributed by atoms with E-state index in [1.54, 1.807) is 18.2 Å². The van der Waals surface area contributed by atoms with Crippen LogP contribution in [0.25, 0.3) is 38.5 Å². The van der Waals surface area contributed by atoms with E-state index in [0.717, 1.165) is 20.8 Å². The highest BCUT2D eigenvalue weighted by Crippen LogP contribution is 2.27. The molecule has 0 radical (unpaired) electrons. The largest absolute Gasteiger partial charge is 0.507 e. The summed E-state index contributed by atoms with van der Waals surface area (Å²) in [5.41, 5.74) is 1.26. The number of aromatic hydroxyl groups is 1. The van der Waals surface area contributed by atoms with E-state index in [0.29, 0.717) is 15.5 Å². The third-order valence-electron chi connectivity index (χ3n) is 4.60. The molecule has 0 amide bonds. The average Bonchev–Trinajstić information content (AvgIpc) is 3.19. The predicted molar refractivity (Wildman–Crippen MR) is 123 cm³/mol. The van der Waals surface area contributed by atoms with Crippen LogP contribution in [0.3, 0.4) is 0 Å². The molecule has 2 aromatic heterocycles. The Morgan fingerprint density at radius 1 is 0.967 bits per heavy atom. The number of benzene rings is 3. The molecular formula is C22H13BrN4O2S. The van der Waals surface area contributed by atoms with Gasteiger partial charge in [-0.1, -0.05) is 63.7 Å². The molecule has 0 bridgehead atoms. The van der Waals surface area contributed by atoms with Gasteiger partial charge in [-0.2, -0.15) is 9.61 Å². The van der Waals surface area contributed by atoms with Crippen molar-refractivity contribution in [1.82, 2.24) is 19.8 Å². The molecule has 0 aliphatic rings. The van der Waals surface area contributed by atoms with Crippen molar-refractivity contribution in [2.75, 3.05) is 0 Å². The van der Waals surface area contributed by atoms with Crippen molar-refractivity contribution in [2.24, 2.45) is 0 Å². The summed E-state index contributed by atoms with van der Waals surface area (Å²) in [6, 6.07) is 19.0. The number of halogens is 1. The van der Waals surface area contributed by atoms with Gasteiger partial charge < -0.3 is 5.11 Å². The summed E-state index contributed by atoms with van der Waals surface area (Å²) in [4.78, 5) is 13.3. The van der Waals surface area contributed by atoms with Crippen molar-refractivity contribution in [3.8, 4) is 16.3 Å². The Kier molecular flexibility index (Phi) is 4.65. The fraction of sp³-hybridized carbons (Fsp3) is 0. The molecule has 1 N–H and O–H groups in total. The normalized spacial score (nSPS) is 11.6. The smallest absolute Gasteiger partial charge is 0.301 e. The van der Waals surface area contributed by atoms with Crippen molar-refractivity contribution >= 4 is 55.2 Å². The Morgan fingerprint density at radius 3 is 2.57 bits per heavy atom. The molecule has 2 heterocycles. The summed E-state index contributed by atoms with van der Waals surface area (Å²) in [5.74, 6) is 0.129. The van der Waals surface area contributed by atoms with Gasteiger partial charge in [-0.15, -0.1) is 10.2 Å². The van der Waals surface area contributed by atoms with Gasteiger partial charge in [0.1, 0.15) is 10.8 Å². The topological polar surface area (TPSA) is 80.4 Å². The lowest BCUT2D eigenvalue weighted by Crippen LogP contribution is -2.19. The quantitative estimate of drug-likeness (QED) is 0.396. The van der Waals surface area contributed by atoms with E-state index in [1.165, 1.54) is 15.9 Å². The Bertz CT molecular complexity index is 1510. The van der Waals surface area contributed by atoms with Crippen molar-refractivity contribution < 1.29 is 5.11 Å². The van der Waals surface area contributed by atoms with Crippen LogP contribution in [0.4, 0.5) is 0 Å². The van der Waals surface area contributed by atoms with Crippen LogP contribution in [0.1, 0.15) is 11.3 Å². The first-order valence-electron chi connectivity index (χ1n) is 9.01. The van der Waals surface area contributed by atoms with E-state index >= 15 is 0 Å². The first-order chi connectivity index (χ1) is 14.6. The van der Waals surface area contributed by atoms with Gasteiger partial charge in [0.2, 0.25) is 4.96 Å². The van der Waals surface area contributed by atoms with Crippen LogP contribution in [0, 0.1) is 0 Å². The van der Waals surface area contributed by atoms with Crippen LogP contribution >= 0.6 is 27.3 Å². The molecule has 0 unspecified atom stereocenters. The maximum atomic E-state index is 12.8. The van der Waals surface area contributed by atoms with Crippen LogP contribution < -0.4 is 5.56 Å². The summed E-state index contributed by atoms with van der Waals surface area (Å²) in [7, 11) is 0. The molecule has 0 aliphatic heterocycles. The molecule has 3 aromatic carbocycles. The van der Waals surface area contributed by atoms with Crippen LogP contribution in [0.2, 0.25) is 0 Å². The lowest BCUT2D eigenvalue weighted by Gasteiger charge is -2.03. The number of aromatic nitrogens is 4. The van der Waals surface area contributed by atoms with Gasteiger partial charge in [0, 0.05) is 15.6 Å². The summed E-state index contributed by atoms with van der Waals surface area (Å²) < 4.78 is 2.19. The molecule has 0 spiro atoms. The van der Waals surface area contributed by atoms with Crippen molar-refractivity contribution in [3.63, 3.8) is 0 Å². The maximum Gasteiger partial charge on any atom is 0.301 e. The van der Waals surface area contributed by atoms with Crippen molar-refractivity contribution in [1.29, 1.82) is 0 Å². The predicted octanol–water partition coefficient (Wildman–Crippen LogP) is 5.00. The molecule has 0 atom stereocenters. The number of nitrogens with zero attached hydrogens (tertiary/aromatic N) is 4. The minimum Gasteiger partial charge on any atom is -0.507 e. The van der Waals surface area contributed by atoms with E-state index in [-0.39, 0.29) is 17.0 Å². The Balaban J connectivity index is 1.54. The van der Waals surface area contributed by atoms with Gasteiger partial charge >= 0.3 is 5.56 Å². The zero-order valence-electron chi connectivity index (χ0n) is 15.4. The lowest BCUT2D eigenvalue weighted by atomic mass is 10.1. The fourth-order valence-electron chi connectivity index (χ4n) is 3.12. The summed E-state index contributed by atoms with van der Waals surface area (Å²) in [6.07, 6.45) is 3.20. The molecular weight excluding hydrogens is 464 g/mol. The molecule has 8 heteroatoms. The second-order valence-corrected chi connectivity index (χ2v) is 8.47. The SMILES string of the molecule is O=c1c(/C=C/c2cc3ccccc3cc2O)nnc2sc(-c3cccc(Br)c3)nn12. The van der Waals surface area contributed by atoms with Gasteiger partial charge in [-0.05, 0) is 47.2 Å². The van der Waals surface area contributed by atoms with Gasteiger partial charge in [-0.25, -0.2) is 0 Å². The summed E-state index contributed by atoms with van der Waals surface area (Å²) in [6.45, 7) is 0. The number of hydrogen-bond donors (Lipinski definition) is 1. The monoisotopic (exact) mass is 476 g/mol. The first kappa shape index (κ1) is 18.7. The van der Waals surface area contributed by atoms with Crippen LogP contribution in [-0.2, 0) is 0 Å². The lowest BCUT2D eigenvalue weighted by molar-refractivity contribution is 0.475. The minimum atomic E-state index is -0.367. The highest BCUT2D eigenvalue weighted by Gasteiger charge is 2.12. The van der Waals surface area contributed by atoms with Crippen LogP contribution in [-0.4, -0.2) is 24.9 Å². The van der Waals surface area contributed by atoms with E-state index in [2.05, 4.69) is 31.2 Å². The first-order valence-corrected chi connectivity index (χ1v) is 10.6.